The first-order valence-electron chi connectivity index (χ1n) is 8.93. The Hall–Kier alpha value is -3.27. The van der Waals surface area contributed by atoms with Crippen molar-refractivity contribution in [3.8, 4) is 0 Å². The molecule has 1 aliphatic heterocycles. The molecule has 1 amide bonds. The number of aryl methyl sites for hydroxylation is 1. The van der Waals surface area contributed by atoms with Crippen molar-refractivity contribution in [1.29, 1.82) is 0 Å². The zero-order valence-electron chi connectivity index (χ0n) is 14.5. The predicted octanol–water partition coefficient (Wildman–Crippen LogP) is 4.67. The minimum Gasteiger partial charge on any atom is -0.361 e. The van der Waals surface area contributed by atoms with Gasteiger partial charge in [-0.25, -0.2) is 0 Å². The number of nitrogens with zero attached hydrogens (tertiary/aromatic N) is 1. The van der Waals surface area contributed by atoms with Gasteiger partial charge in [-0.3, -0.25) is 4.79 Å². The van der Waals surface area contributed by atoms with E-state index in [0.717, 1.165) is 17.8 Å². The maximum Gasteiger partial charge on any atom is 0.255 e. The first kappa shape index (κ1) is 15.0. The molecule has 1 unspecified atom stereocenters. The van der Waals surface area contributed by atoms with Crippen LogP contribution in [0.1, 0.15) is 29.0 Å². The zero-order chi connectivity index (χ0) is 17.7. The molecule has 128 valence electrons. The lowest BCUT2D eigenvalue weighted by Crippen LogP contribution is -2.38. The SMILES string of the molecule is CCn1c2ccccc2c2cc(C3NC(=O)c4ccccc4N3)ccc21. The molecular weight excluding hydrogens is 322 g/mol. The number of amides is 1. The Bertz CT molecular complexity index is 1160. The lowest BCUT2D eigenvalue weighted by Gasteiger charge is -2.28. The number of hydrogen-bond donors (Lipinski definition) is 2. The van der Waals surface area contributed by atoms with Crippen molar-refractivity contribution in [1.82, 2.24) is 9.88 Å². The summed E-state index contributed by atoms with van der Waals surface area (Å²) < 4.78 is 2.33. The third kappa shape index (κ3) is 2.12. The van der Waals surface area contributed by atoms with Crippen LogP contribution in [0, 0.1) is 0 Å². The van der Waals surface area contributed by atoms with E-state index in [1.807, 2.05) is 24.3 Å². The van der Waals surface area contributed by atoms with Gasteiger partial charge in [0.25, 0.3) is 5.91 Å². The summed E-state index contributed by atoms with van der Waals surface area (Å²) in [6.07, 6.45) is -0.231. The van der Waals surface area contributed by atoms with Gasteiger partial charge in [0.1, 0.15) is 6.17 Å². The molecule has 1 aromatic heterocycles. The monoisotopic (exact) mass is 341 g/mol. The molecule has 0 aliphatic carbocycles. The van der Waals surface area contributed by atoms with Crippen LogP contribution in [0.4, 0.5) is 5.69 Å². The second-order valence-electron chi connectivity index (χ2n) is 6.63. The van der Waals surface area contributed by atoms with Gasteiger partial charge < -0.3 is 15.2 Å². The van der Waals surface area contributed by atoms with Crippen molar-refractivity contribution in [2.24, 2.45) is 0 Å². The largest absolute Gasteiger partial charge is 0.361 e. The number of benzene rings is 3. The fourth-order valence-electron chi connectivity index (χ4n) is 3.97. The van der Waals surface area contributed by atoms with E-state index in [9.17, 15) is 4.79 Å². The number of fused-ring (bicyclic) bond motifs is 4. The molecule has 2 N–H and O–H groups in total. The fourth-order valence-corrected chi connectivity index (χ4v) is 3.97. The average Bonchev–Trinajstić information content (AvgIpc) is 3.01. The van der Waals surface area contributed by atoms with Crippen LogP contribution in [0.25, 0.3) is 21.8 Å². The predicted molar refractivity (Wildman–Crippen MR) is 105 cm³/mol. The van der Waals surface area contributed by atoms with E-state index in [1.54, 1.807) is 0 Å². The summed E-state index contributed by atoms with van der Waals surface area (Å²) >= 11 is 0. The lowest BCUT2D eigenvalue weighted by molar-refractivity contribution is 0.0935. The quantitative estimate of drug-likeness (QED) is 0.557. The summed E-state index contributed by atoms with van der Waals surface area (Å²) in [6, 6.07) is 22.5. The molecule has 4 heteroatoms. The van der Waals surface area contributed by atoms with Crippen LogP contribution in [-0.4, -0.2) is 10.5 Å². The minimum atomic E-state index is -0.231. The Balaban J connectivity index is 1.65. The molecule has 1 aliphatic rings. The summed E-state index contributed by atoms with van der Waals surface area (Å²) in [5, 5.41) is 8.97. The topological polar surface area (TPSA) is 46.1 Å². The van der Waals surface area contributed by atoms with Crippen LogP contribution >= 0.6 is 0 Å². The number of nitrogens with one attached hydrogen (secondary N) is 2. The highest BCUT2D eigenvalue weighted by atomic mass is 16.2. The molecule has 5 rings (SSSR count). The third-order valence-electron chi connectivity index (χ3n) is 5.19. The summed E-state index contributed by atoms with van der Waals surface area (Å²) in [4.78, 5) is 12.4. The van der Waals surface area contributed by atoms with E-state index in [-0.39, 0.29) is 12.1 Å². The fraction of sp³-hybridized carbons (Fsp3) is 0.136. The molecule has 1 atom stereocenters. The Morgan fingerprint density at radius 1 is 0.885 bits per heavy atom. The van der Waals surface area contributed by atoms with Crippen LogP contribution in [-0.2, 0) is 6.54 Å². The Kier molecular flexibility index (Phi) is 3.25. The van der Waals surface area contributed by atoms with Gasteiger partial charge in [0, 0.05) is 34.0 Å². The van der Waals surface area contributed by atoms with E-state index in [4.69, 9.17) is 0 Å². The Morgan fingerprint density at radius 2 is 1.65 bits per heavy atom. The minimum absolute atomic E-state index is 0.0413. The molecule has 4 aromatic rings. The lowest BCUT2D eigenvalue weighted by atomic mass is 10.0. The standard InChI is InChI=1S/C22H19N3O/c1-2-25-19-10-6-4-7-15(19)17-13-14(11-12-20(17)25)21-23-18-9-5-3-8-16(18)22(26)24-21/h3-13,21,23H,2H2,1H3,(H,24,26). The second kappa shape index (κ2) is 5.63. The van der Waals surface area contributed by atoms with Gasteiger partial charge >= 0.3 is 0 Å². The summed E-state index contributed by atoms with van der Waals surface area (Å²) in [7, 11) is 0. The molecule has 4 nitrogen and oxygen atoms in total. The summed E-state index contributed by atoms with van der Waals surface area (Å²) in [5.74, 6) is -0.0413. The van der Waals surface area contributed by atoms with E-state index in [0.29, 0.717) is 5.56 Å². The third-order valence-corrected chi connectivity index (χ3v) is 5.19. The first-order chi connectivity index (χ1) is 12.8. The van der Waals surface area contributed by atoms with Crippen molar-refractivity contribution in [2.75, 3.05) is 5.32 Å². The van der Waals surface area contributed by atoms with E-state index in [1.165, 1.54) is 21.8 Å². The summed E-state index contributed by atoms with van der Waals surface area (Å²) in [5.41, 5.74) is 5.08. The van der Waals surface area contributed by atoms with Gasteiger partial charge in [-0.1, -0.05) is 36.4 Å². The van der Waals surface area contributed by atoms with Crippen LogP contribution in [0.2, 0.25) is 0 Å². The normalized spacial score (nSPS) is 16.3. The van der Waals surface area contributed by atoms with E-state index >= 15 is 0 Å². The van der Waals surface area contributed by atoms with Crippen molar-refractivity contribution in [3.05, 3.63) is 77.9 Å². The van der Waals surface area contributed by atoms with Crippen LogP contribution in [0.3, 0.4) is 0 Å². The molecule has 0 spiro atoms. The molecule has 2 heterocycles. The number of anilines is 1. The number of aromatic nitrogens is 1. The van der Waals surface area contributed by atoms with Gasteiger partial charge in [-0.2, -0.15) is 0 Å². The van der Waals surface area contributed by atoms with E-state index < -0.39 is 0 Å². The van der Waals surface area contributed by atoms with Crippen LogP contribution in [0.15, 0.2) is 66.7 Å². The van der Waals surface area contributed by atoms with Gasteiger partial charge in [0.05, 0.1) is 5.56 Å². The van der Waals surface area contributed by atoms with Crippen molar-refractivity contribution in [3.63, 3.8) is 0 Å². The molecule has 0 bridgehead atoms. The molecule has 0 saturated heterocycles. The van der Waals surface area contributed by atoms with Gasteiger partial charge in [0.2, 0.25) is 0 Å². The molecule has 0 fully saturated rings. The number of carbonyl (C=O) groups excluding carboxylic acids is 1. The van der Waals surface area contributed by atoms with Crippen molar-refractivity contribution >= 4 is 33.4 Å². The van der Waals surface area contributed by atoms with Gasteiger partial charge in [0.15, 0.2) is 0 Å². The van der Waals surface area contributed by atoms with Gasteiger partial charge in [-0.05, 0) is 42.8 Å². The highest BCUT2D eigenvalue weighted by Crippen LogP contribution is 2.33. The average molecular weight is 341 g/mol. The van der Waals surface area contributed by atoms with Crippen LogP contribution < -0.4 is 10.6 Å². The maximum atomic E-state index is 12.4. The van der Waals surface area contributed by atoms with Gasteiger partial charge in [-0.15, -0.1) is 0 Å². The van der Waals surface area contributed by atoms with Crippen LogP contribution in [0.5, 0.6) is 0 Å². The van der Waals surface area contributed by atoms with Crippen molar-refractivity contribution in [2.45, 2.75) is 19.6 Å². The maximum absolute atomic E-state index is 12.4. The molecular formula is C22H19N3O. The number of para-hydroxylation sites is 2. The molecule has 0 saturated carbocycles. The molecule has 26 heavy (non-hydrogen) atoms. The summed E-state index contributed by atoms with van der Waals surface area (Å²) in [6.45, 7) is 3.09. The highest BCUT2D eigenvalue weighted by Gasteiger charge is 2.24. The number of carbonyl (C=O) groups is 1. The number of rotatable bonds is 2. The number of hydrogen-bond acceptors (Lipinski definition) is 2. The second-order valence-corrected chi connectivity index (χ2v) is 6.63. The zero-order valence-corrected chi connectivity index (χ0v) is 14.5. The smallest absolute Gasteiger partial charge is 0.255 e. The Labute approximate surface area is 151 Å². The van der Waals surface area contributed by atoms with Crippen molar-refractivity contribution < 1.29 is 4.79 Å². The Morgan fingerprint density at radius 3 is 2.54 bits per heavy atom. The first-order valence-corrected chi connectivity index (χ1v) is 8.93. The van der Waals surface area contributed by atoms with E-state index in [2.05, 4.69) is 64.6 Å². The molecule has 0 radical (unpaired) electrons. The highest BCUT2D eigenvalue weighted by molar-refractivity contribution is 6.08. The molecule has 3 aromatic carbocycles.